The maximum Gasteiger partial charge on any atom is 0.261 e. The van der Waals surface area contributed by atoms with Crippen molar-refractivity contribution >= 4 is 5.82 Å². The van der Waals surface area contributed by atoms with Crippen LogP contribution in [0.5, 0.6) is 0 Å². The summed E-state index contributed by atoms with van der Waals surface area (Å²) in [6, 6.07) is 1.88. The van der Waals surface area contributed by atoms with Gasteiger partial charge in [0.1, 0.15) is 18.2 Å². The monoisotopic (exact) mass is 259 g/mol. The summed E-state index contributed by atoms with van der Waals surface area (Å²) in [4.78, 5) is 8.64. The van der Waals surface area contributed by atoms with E-state index in [-0.39, 0.29) is 6.61 Å². The normalized spacial score (nSPS) is 11.3. The molecule has 0 spiro atoms. The molecule has 0 saturated carbocycles. The zero-order chi connectivity index (χ0) is 13.5. The Morgan fingerprint density at radius 1 is 1.33 bits per heavy atom. The lowest BCUT2D eigenvalue weighted by molar-refractivity contribution is 0.0183. The molecular weight excluding hydrogens is 240 g/mol. The molecule has 0 radical (unpaired) electrons. The van der Waals surface area contributed by atoms with Gasteiger partial charge in [0, 0.05) is 25.2 Å². The quantitative estimate of drug-likeness (QED) is 0.764. The van der Waals surface area contributed by atoms with E-state index in [1.54, 1.807) is 7.05 Å². The number of nitrogens with zero attached hydrogens (tertiary/aromatic N) is 2. The van der Waals surface area contributed by atoms with Crippen LogP contribution < -0.4 is 5.32 Å². The predicted octanol–water partition coefficient (Wildman–Crippen LogP) is 2.47. The molecule has 1 heterocycles. The van der Waals surface area contributed by atoms with Gasteiger partial charge >= 0.3 is 0 Å². The van der Waals surface area contributed by atoms with Crippen LogP contribution in [0, 0.1) is 0 Å². The van der Waals surface area contributed by atoms with Crippen LogP contribution in [0.4, 0.5) is 14.6 Å². The average Bonchev–Trinajstić information content (AvgIpc) is 2.34. The second kappa shape index (κ2) is 7.20. The third-order valence-electron chi connectivity index (χ3n) is 2.35. The fourth-order valence-electron chi connectivity index (χ4n) is 1.39. The molecular formula is C12H19F2N3O. The zero-order valence-corrected chi connectivity index (χ0v) is 10.9. The van der Waals surface area contributed by atoms with Gasteiger partial charge in [-0.3, -0.25) is 0 Å². The fraction of sp³-hybridized carbons (Fsp3) is 0.667. The summed E-state index contributed by atoms with van der Waals surface area (Å²) in [7, 11) is 1.78. The Bertz CT molecular complexity index is 372. The fourth-order valence-corrected chi connectivity index (χ4v) is 1.39. The summed E-state index contributed by atoms with van der Waals surface area (Å²) in [6.07, 6.45) is -2.00. The minimum Gasteiger partial charge on any atom is -0.375 e. The Labute approximate surface area is 106 Å². The first-order valence-corrected chi connectivity index (χ1v) is 5.94. The largest absolute Gasteiger partial charge is 0.375 e. The summed E-state index contributed by atoms with van der Waals surface area (Å²) < 4.78 is 28.6. The van der Waals surface area contributed by atoms with Gasteiger partial charge in [0.2, 0.25) is 0 Å². The molecule has 1 aromatic heterocycles. The number of aromatic nitrogens is 2. The Hall–Kier alpha value is -1.30. The molecule has 0 unspecified atom stereocenters. The minimum atomic E-state index is -2.43. The average molecular weight is 259 g/mol. The van der Waals surface area contributed by atoms with Crippen LogP contribution in [0.2, 0.25) is 0 Å². The van der Waals surface area contributed by atoms with E-state index in [0.29, 0.717) is 18.2 Å². The molecule has 0 fully saturated rings. The number of ether oxygens (including phenoxy) is 1. The zero-order valence-electron chi connectivity index (χ0n) is 10.9. The third kappa shape index (κ3) is 4.91. The van der Waals surface area contributed by atoms with Gasteiger partial charge in [-0.05, 0) is 5.92 Å². The highest BCUT2D eigenvalue weighted by molar-refractivity contribution is 5.36. The van der Waals surface area contributed by atoms with Gasteiger partial charge in [-0.1, -0.05) is 13.8 Å². The van der Waals surface area contributed by atoms with Crippen LogP contribution in [0.25, 0.3) is 0 Å². The van der Waals surface area contributed by atoms with Crippen molar-refractivity contribution < 1.29 is 13.5 Å². The number of halogens is 2. The Balaban J connectivity index is 2.61. The lowest BCUT2D eigenvalue weighted by atomic mass is 10.1. The molecule has 0 atom stereocenters. The number of alkyl halides is 2. The molecule has 0 bridgehead atoms. The Morgan fingerprint density at radius 2 is 2.06 bits per heavy atom. The minimum absolute atomic E-state index is 0.203. The molecule has 0 aliphatic rings. The highest BCUT2D eigenvalue weighted by atomic mass is 19.3. The van der Waals surface area contributed by atoms with Crippen LogP contribution in [0.3, 0.4) is 0 Å². The molecule has 0 aliphatic carbocycles. The molecule has 0 amide bonds. The number of anilines is 1. The van der Waals surface area contributed by atoms with Crippen LogP contribution in [-0.2, 0) is 11.2 Å². The first-order chi connectivity index (χ1) is 8.52. The third-order valence-corrected chi connectivity index (χ3v) is 2.35. The van der Waals surface area contributed by atoms with E-state index in [0.717, 1.165) is 11.5 Å². The lowest BCUT2D eigenvalue weighted by Gasteiger charge is -2.10. The maximum atomic E-state index is 11.9. The molecule has 4 nitrogen and oxygen atoms in total. The molecule has 0 aromatic carbocycles. The molecule has 18 heavy (non-hydrogen) atoms. The summed E-state index contributed by atoms with van der Waals surface area (Å²) >= 11 is 0. The van der Waals surface area contributed by atoms with Gasteiger partial charge in [0.05, 0.1) is 6.61 Å². The molecule has 6 heteroatoms. The highest BCUT2D eigenvalue weighted by Crippen LogP contribution is 2.15. The summed E-state index contributed by atoms with van der Waals surface area (Å²) in [6.45, 7) is 3.75. The van der Waals surface area contributed by atoms with Gasteiger partial charge < -0.3 is 10.1 Å². The number of hydrogen-bond donors (Lipinski definition) is 1. The van der Waals surface area contributed by atoms with E-state index < -0.39 is 13.0 Å². The SMILES string of the molecule is CNc1cc(C(C)C)nc(CCOCC(F)F)n1. The van der Waals surface area contributed by atoms with Crippen LogP contribution in [-0.4, -0.2) is 36.7 Å². The molecule has 0 saturated heterocycles. The van der Waals surface area contributed by atoms with Crippen LogP contribution >= 0.6 is 0 Å². The van der Waals surface area contributed by atoms with Crippen molar-refractivity contribution in [2.45, 2.75) is 32.6 Å². The Kier molecular flexibility index (Phi) is 5.91. The number of nitrogens with one attached hydrogen (secondary N) is 1. The highest BCUT2D eigenvalue weighted by Gasteiger charge is 2.08. The van der Waals surface area contributed by atoms with Crippen LogP contribution in [0.15, 0.2) is 6.07 Å². The first kappa shape index (κ1) is 14.8. The second-order valence-corrected chi connectivity index (χ2v) is 4.21. The maximum absolute atomic E-state index is 11.9. The van der Waals surface area contributed by atoms with E-state index >= 15 is 0 Å². The molecule has 1 rings (SSSR count). The van der Waals surface area contributed by atoms with Crippen molar-refractivity contribution in [3.8, 4) is 0 Å². The van der Waals surface area contributed by atoms with Crippen molar-refractivity contribution in [1.29, 1.82) is 0 Å². The number of rotatable bonds is 7. The standard InChI is InChI=1S/C12H19F2N3O/c1-8(2)9-6-12(15-3)17-11(16-9)4-5-18-7-10(13)14/h6,8,10H,4-5,7H2,1-3H3,(H,15,16,17). The first-order valence-electron chi connectivity index (χ1n) is 5.94. The molecule has 1 N–H and O–H groups in total. The lowest BCUT2D eigenvalue weighted by Crippen LogP contribution is -2.10. The van der Waals surface area contributed by atoms with Crippen molar-refractivity contribution in [2.24, 2.45) is 0 Å². The van der Waals surface area contributed by atoms with E-state index in [1.165, 1.54) is 0 Å². The second-order valence-electron chi connectivity index (χ2n) is 4.21. The number of hydrogen-bond acceptors (Lipinski definition) is 4. The smallest absolute Gasteiger partial charge is 0.261 e. The molecule has 1 aromatic rings. The van der Waals surface area contributed by atoms with E-state index in [1.807, 2.05) is 19.9 Å². The van der Waals surface area contributed by atoms with Gasteiger partial charge in [-0.2, -0.15) is 0 Å². The van der Waals surface area contributed by atoms with Gasteiger partial charge in [0.15, 0.2) is 0 Å². The van der Waals surface area contributed by atoms with E-state index in [2.05, 4.69) is 15.3 Å². The molecule has 102 valence electrons. The van der Waals surface area contributed by atoms with Gasteiger partial charge in [-0.25, -0.2) is 18.7 Å². The van der Waals surface area contributed by atoms with Gasteiger partial charge in [0.25, 0.3) is 6.43 Å². The Morgan fingerprint density at radius 3 is 2.61 bits per heavy atom. The summed E-state index contributed by atoms with van der Waals surface area (Å²) in [5.41, 5.74) is 0.929. The molecule has 0 aliphatic heterocycles. The topological polar surface area (TPSA) is 47.0 Å². The summed E-state index contributed by atoms with van der Waals surface area (Å²) in [5, 5.41) is 2.96. The van der Waals surface area contributed by atoms with Crippen molar-refractivity contribution in [1.82, 2.24) is 9.97 Å². The van der Waals surface area contributed by atoms with E-state index in [4.69, 9.17) is 4.74 Å². The van der Waals surface area contributed by atoms with Crippen molar-refractivity contribution in [2.75, 3.05) is 25.6 Å². The van der Waals surface area contributed by atoms with Crippen molar-refractivity contribution in [3.63, 3.8) is 0 Å². The predicted molar refractivity (Wildman–Crippen MR) is 66.2 cm³/mol. The van der Waals surface area contributed by atoms with Crippen molar-refractivity contribution in [3.05, 3.63) is 17.6 Å². The van der Waals surface area contributed by atoms with Gasteiger partial charge in [-0.15, -0.1) is 0 Å². The van der Waals surface area contributed by atoms with E-state index in [9.17, 15) is 8.78 Å². The van der Waals surface area contributed by atoms with Crippen LogP contribution in [0.1, 0.15) is 31.3 Å². The summed E-state index contributed by atoms with van der Waals surface area (Å²) in [5.74, 6) is 1.64.